The molecule has 0 aromatic carbocycles. The molecule has 5 rings (SSSR count). The van der Waals surface area contributed by atoms with Crippen molar-refractivity contribution in [1.29, 1.82) is 0 Å². The van der Waals surface area contributed by atoms with Gasteiger partial charge in [0.15, 0.2) is 5.65 Å². The Balaban J connectivity index is 1.66. The third-order valence-corrected chi connectivity index (χ3v) is 7.59. The lowest BCUT2D eigenvalue weighted by Gasteiger charge is -2.34. The number of ether oxygens (including phenoxy) is 2. The molecule has 5 heterocycles. The van der Waals surface area contributed by atoms with Crippen LogP contribution in [0.15, 0.2) is 40.2 Å². The smallest absolute Gasteiger partial charge is 0.421 e. The second kappa shape index (κ2) is 11.9. The van der Waals surface area contributed by atoms with Gasteiger partial charge in [0.2, 0.25) is 0 Å². The highest BCUT2D eigenvalue weighted by Gasteiger charge is 2.33. The molecule has 2 amide bonds. The van der Waals surface area contributed by atoms with E-state index in [1.807, 2.05) is 39.8 Å². The molecule has 0 saturated carbocycles. The summed E-state index contributed by atoms with van der Waals surface area (Å²) in [5, 5.41) is 17.2. The molecule has 0 spiro atoms. The summed E-state index contributed by atoms with van der Waals surface area (Å²) in [6, 6.07) is 5.34. The summed E-state index contributed by atoms with van der Waals surface area (Å²) in [5.74, 6) is 0.603. The van der Waals surface area contributed by atoms with Gasteiger partial charge in [-0.15, -0.1) is 0 Å². The number of hydrogen-bond donors (Lipinski definition) is 1. The number of piperidine rings is 1. The van der Waals surface area contributed by atoms with Gasteiger partial charge in [0.05, 0.1) is 23.8 Å². The van der Waals surface area contributed by atoms with E-state index in [0.29, 0.717) is 52.1 Å². The number of nitrogens with zero attached hydrogens (tertiary/aromatic N) is 7. The Morgan fingerprint density at radius 2 is 1.91 bits per heavy atom. The highest BCUT2D eigenvalue weighted by molar-refractivity contribution is 7.10. The lowest BCUT2D eigenvalue weighted by Crippen LogP contribution is -2.42. The van der Waals surface area contributed by atoms with Crippen molar-refractivity contribution in [3.05, 3.63) is 47.8 Å². The average molecular weight is 624 g/mol. The van der Waals surface area contributed by atoms with Crippen LogP contribution >= 0.6 is 11.5 Å². The number of anilines is 2. The normalized spacial score (nSPS) is 16.1. The molecule has 0 bridgehead atoms. The van der Waals surface area contributed by atoms with Crippen molar-refractivity contribution < 1.29 is 28.7 Å². The first-order chi connectivity index (χ1) is 20.7. The van der Waals surface area contributed by atoms with Gasteiger partial charge in [-0.05, 0) is 85.0 Å². The van der Waals surface area contributed by atoms with E-state index in [1.165, 1.54) is 28.9 Å². The van der Waals surface area contributed by atoms with Gasteiger partial charge in [0.1, 0.15) is 34.0 Å². The van der Waals surface area contributed by atoms with Crippen LogP contribution in [-0.4, -0.2) is 71.8 Å². The fourth-order valence-electron chi connectivity index (χ4n) is 4.93. The predicted octanol–water partition coefficient (Wildman–Crippen LogP) is 6.75. The quantitative estimate of drug-likeness (QED) is 0.145. The monoisotopic (exact) mass is 623 g/mol. The van der Waals surface area contributed by atoms with Gasteiger partial charge < -0.3 is 24.0 Å². The Morgan fingerprint density at radius 3 is 2.57 bits per heavy atom. The largest absolute Gasteiger partial charge is 0.463 e. The van der Waals surface area contributed by atoms with Crippen LogP contribution in [0.5, 0.6) is 0 Å². The van der Waals surface area contributed by atoms with Crippen LogP contribution < -0.4 is 4.90 Å². The van der Waals surface area contributed by atoms with Gasteiger partial charge in [0, 0.05) is 36.2 Å². The number of likely N-dealkylation sites (tertiary alicyclic amines) is 1. The first-order valence-corrected chi connectivity index (χ1v) is 15.1. The number of carbonyl (C=O) groups excluding carboxylic acids is 2. The fraction of sp³-hybridized carbons (Fsp3) is 0.467. The second-order valence-corrected chi connectivity index (χ2v) is 13.5. The van der Waals surface area contributed by atoms with Crippen molar-refractivity contribution in [2.45, 2.75) is 78.4 Å². The SMILES string of the molecule is Cc1cc(N(C(=O)OC(C)(C)C)c2cc(C3CCCN(C(=O)OC(C)(C)C)C3)nc3c(-c4coc(C=NO)c4)cnn23)sn1. The van der Waals surface area contributed by atoms with E-state index in [4.69, 9.17) is 24.1 Å². The predicted molar refractivity (Wildman–Crippen MR) is 165 cm³/mol. The topological polar surface area (TPSA) is 148 Å². The number of aromatic nitrogens is 4. The minimum atomic E-state index is -0.766. The van der Waals surface area contributed by atoms with Crippen molar-refractivity contribution in [3.8, 4) is 11.1 Å². The Kier molecular flexibility index (Phi) is 8.38. The molecule has 234 valence electrons. The number of fused-ring (bicyclic) bond motifs is 1. The summed E-state index contributed by atoms with van der Waals surface area (Å²) >= 11 is 1.17. The molecule has 0 radical (unpaired) electrons. The molecule has 1 fully saturated rings. The van der Waals surface area contributed by atoms with Crippen molar-refractivity contribution >= 4 is 46.4 Å². The number of amides is 2. The lowest BCUT2D eigenvalue weighted by molar-refractivity contribution is 0.0197. The van der Waals surface area contributed by atoms with E-state index in [-0.39, 0.29) is 12.0 Å². The number of oxime groups is 1. The summed E-state index contributed by atoms with van der Waals surface area (Å²) in [6.07, 6.45) is 4.91. The molecule has 1 N–H and O–H groups in total. The maximum absolute atomic E-state index is 13.8. The molecule has 1 unspecified atom stereocenters. The maximum Gasteiger partial charge on any atom is 0.421 e. The van der Waals surface area contributed by atoms with Crippen LogP contribution in [0.4, 0.5) is 20.4 Å². The summed E-state index contributed by atoms with van der Waals surface area (Å²) < 4.78 is 23.0. The summed E-state index contributed by atoms with van der Waals surface area (Å²) in [5.41, 5.74) is 1.81. The first kappa shape index (κ1) is 31.0. The minimum Gasteiger partial charge on any atom is -0.463 e. The van der Waals surface area contributed by atoms with Crippen LogP contribution in [-0.2, 0) is 9.47 Å². The molecular weight excluding hydrogens is 586 g/mol. The Morgan fingerprint density at radius 1 is 1.16 bits per heavy atom. The molecule has 13 nitrogen and oxygen atoms in total. The minimum absolute atomic E-state index is 0.145. The van der Waals surface area contributed by atoms with E-state index < -0.39 is 17.3 Å². The molecular formula is C30H37N7O6S. The van der Waals surface area contributed by atoms with Crippen LogP contribution in [0, 0.1) is 6.92 Å². The highest BCUT2D eigenvalue weighted by atomic mass is 32.1. The van der Waals surface area contributed by atoms with Crippen LogP contribution in [0.3, 0.4) is 0 Å². The third-order valence-electron chi connectivity index (χ3n) is 6.72. The number of carbonyl (C=O) groups is 2. The molecule has 44 heavy (non-hydrogen) atoms. The van der Waals surface area contributed by atoms with Gasteiger partial charge in [-0.2, -0.15) is 14.0 Å². The first-order valence-electron chi connectivity index (χ1n) is 14.3. The van der Waals surface area contributed by atoms with Gasteiger partial charge in [-0.3, -0.25) is 0 Å². The summed E-state index contributed by atoms with van der Waals surface area (Å²) in [6.45, 7) is 13.8. The Hall–Kier alpha value is -4.46. The number of hydrogen-bond acceptors (Lipinski definition) is 11. The Labute approximate surface area is 259 Å². The van der Waals surface area contributed by atoms with E-state index >= 15 is 0 Å². The zero-order chi connectivity index (χ0) is 31.8. The van der Waals surface area contributed by atoms with Crippen LogP contribution in [0.2, 0.25) is 0 Å². The van der Waals surface area contributed by atoms with Gasteiger partial charge in [-0.1, -0.05) is 5.16 Å². The molecule has 1 saturated heterocycles. The second-order valence-electron chi connectivity index (χ2n) is 12.7. The zero-order valence-electron chi connectivity index (χ0n) is 25.9. The van der Waals surface area contributed by atoms with Crippen LogP contribution in [0.25, 0.3) is 16.8 Å². The third kappa shape index (κ3) is 6.85. The average Bonchev–Trinajstić information content (AvgIpc) is 3.67. The molecule has 1 aliphatic rings. The molecule has 4 aromatic rings. The van der Waals surface area contributed by atoms with Gasteiger partial charge >= 0.3 is 12.2 Å². The summed E-state index contributed by atoms with van der Waals surface area (Å²) in [7, 11) is 0. The molecule has 4 aromatic heterocycles. The molecule has 1 atom stereocenters. The fourth-order valence-corrected chi connectivity index (χ4v) is 5.69. The maximum atomic E-state index is 13.8. The van der Waals surface area contributed by atoms with Crippen molar-refractivity contribution in [2.24, 2.45) is 5.16 Å². The van der Waals surface area contributed by atoms with E-state index in [0.717, 1.165) is 18.5 Å². The number of aryl methyl sites for hydroxylation is 1. The van der Waals surface area contributed by atoms with Crippen molar-refractivity contribution in [3.63, 3.8) is 0 Å². The highest BCUT2D eigenvalue weighted by Crippen LogP contribution is 2.37. The summed E-state index contributed by atoms with van der Waals surface area (Å²) in [4.78, 5) is 35.0. The zero-order valence-corrected chi connectivity index (χ0v) is 26.7. The van der Waals surface area contributed by atoms with E-state index in [1.54, 1.807) is 42.4 Å². The molecule has 14 heteroatoms. The molecule has 1 aliphatic heterocycles. The lowest BCUT2D eigenvalue weighted by atomic mass is 9.94. The molecule has 0 aliphatic carbocycles. The van der Waals surface area contributed by atoms with Crippen LogP contribution in [0.1, 0.15) is 77.5 Å². The standard InChI is InChI=1S/C30H37N7O6S/c1-18-11-25(44-34-18)36(28(39)43-30(5,6)7)24-13-23(19-9-8-10-35(16-19)27(38)42-29(2,3)4)33-26-22(15-31-37(24)26)20-12-21(14-32-40)41-17-20/h11-15,17,19,40H,8-10,16H2,1-7H3. The van der Waals surface area contributed by atoms with Gasteiger partial charge in [0.25, 0.3) is 0 Å². The van der Waals surface area contributed by atoms with Crippen molar-refractivity contribution in [2.75, 3.05) is 18.0 Å². The van der Waals surface area contributed by atoms with Gasteiger partial charge in [-0.25, -0.2) is 19.5 Å². The van der Waals surface area contributed by atoms with E-state index in [9.17, 15) is 9.59 Å². The number of furan rings is 1. The van der Waals surface area contributed by atoms with E-state index in [2.05, 4.69) is 14.6 Å². The Bertz CT molecular complexity index is 1690. The van der Waals surface area contributed by atoms with Crippen molar-refractivity contribution in [1.82, 2.24) is 23.9 Å². The number of rotatable bonds is 5.